The summed E-state index contributed by atoms with van der Waals surface area (Å²) < 4.78 is 1.99. The molecule has 2 aliphatic rings. The molecule has 25 heavy (non-hydrogen) atoms. The Labute approximate surface area is 153 Å². The van der Waals surface area contributed by atoms with E-state index in [0.717, 1.165) is 17.2 Å². The molecule has 1 aliphatic heterocycles. The summed E-state index contributed by atoms with van der Waals surface area (Å²) in [5.74, 6) is 0.104. The second kappa shape index (κ2) is 7.46. The zero-order valence-electron chi connectivity index (χ0n) is 14.9. The first kappa shape index (κ1) is 17.0. The van der Waals surface area contributed by atoms with Crippen molar-refractivity contribution in [3.63, 3.8) is 0 Å². The number of carbonyl (C=O) groups excluding carboxylic acids is 1. The van der Waals surface area contributed by atoms with Crippen LogP contribution >= 0.6 is 11.3 Å². The monoisotopic (exact) mass is 360 g/mol. The molecule has 0 radical (unpaired) electrons. The Bertz CT molecular complexity index is 681. The number of carbonyl (C=O) groups is 1. The fraction of sp³-hybridized carbons (Fsp3) is 0.684. The lowest BCUT2D eigenvalue weighted by Crippen LogP contribution is -2.58. The molecule has 2 aromatic heterocycles. The van der Waals surface area contributed by atoms with Crippen molar-refractivity contribution < 1.29 is 4.79 Å². The number of aromatic nitrogens is 2. The maximum absolute atomic E-state index is 12.5. The molecule has 2 fully saturated rings. The fourth-order valence-corrected chi connectivity index (χ4v) is 5.25. The Kier molecular flexibility index (Phi) is 5.08. The second-order valence-corrected chi connectivity index (χ2v) is 8.48. The molecule has 0 atom stereocenters. The van der Waals surface area contributed by atoms with Crippen molar-refractivity contribution in [1.29, 1.82) is 0 Å². The summed E-state index contributed by atoms with van der Waals surface area (Å²) in [7, 11) is 0. The SMILES string of the molecule is O=C(Cc1cn2ccsc2n1)NCC1(N2CCCCC2)CCCCC1. The minimum absolute atomic E-state index is 0.104. The van der Waals surface area contributed by atoms with Crippen molar-refractivity contribution in [1.82, 2.24) is 19.6 Å². The Balaban J connectivity index is 1.38. The molecule has 0 bridgehead atoms. The van der Waals surface area contributed by atoms with E-state index in [1.807, 2.05) is 22.2 Å². The molecule has 136 valence electrons. The highest BCUT2D eigenvalue weighted by molar-refractivity contribution is 7.15. The number of amides is 1. The molecule has 1 N–H and O–H groups in total. The van der Waals surface area contributed by atoms with Gasteiger partial charge < -0.3 is 5.32 Å². The lowest BCUT2D eigenvalue weighted by atomic mass is 9.79. The maximum Gasteiger partial charge on any atom is 0.226 e. The quantitative estimate of drug-likeness (QED) is 0.890. The molecule has 0 unspecified atom stereocenters. The zero-order valence-corrected chi connectivity index (χ0v) is 15.7. The molecular weight excluding hydrogens is 332 g/mol. The average Bonchev–Trinajstić information content (AvgIpc) is 3.23. The van der Waals surface area contributed by atoms with Crippen LogP contribution < -0.4 is 5.32 Å². The number of thiazole rings is 1. The smallest absolute Gasteiger partial charge is 0.226 e. The lowest BCUT2D eigenvalue weighted by Gasteiger charge is -2.48. The van der Waals surface area contributed by atoms with Crippen molar-refractivity contribution in [3.8, 4) is 0 Å². The van der Waals surface area contributed by atoms with Gasteiger partial charge in [-0.25, -0.2) is 4.98 Å². The van der Waals surface area contributed by atoms with E-state index in [9.17, 15) is 4.79 Å². The summed E-state index contributed by atoms with van der Waals surface area (Å²) in [5.41, 5.74) is 1.06. The maximum atomic E-state index is 12.5. The largest absolute Gasteiger partial charge is 0.354 e. The molecule has 0 aromatic carbocycles. The lowest BCUT2D eigenvalue weighted by molar-refractivity contribution is -0.121. The van der Waals surface area contributed by atoms with E-state index in [-0.39, 0.29) is 11.4 Å². The molecule has 3 heterocycles. The van der Waals surface area contributed by atoms with E-state index in [4.69, 9.17) is 0 Å². The van der Waals surface area contributed by atoms with Gasteiger partial charge in [-0.15, -0.1) is 11.3 Å². The highest BCUT2D eigenvalue weighted by atomic mass is 32.1. The van der Waals surface area contributed by atoms with Gasteiger partial charge >= 0.3 is 0 Å². The minimum atomic E-state index is 0.104. The van der Waals surface area contributed by atoms with Gasteiger partial charge in [-0.05, 0) is 38.8 Å². The molecule has 6 heteroatoms. The van der Waals surface area contributed by atoms with Crippen LogP contribution in [0.4, 0.5) is 0 Å². The summed E-state index contributed by atoms with van der Waals surface area (Å²) in [6.45, 7) is 3.20. The normalized spacial score (nSPS) is 21.4. The number of nitrogens with zero attached hydrogens (tertiary/aromatic N) is 3. The van der Waals surface area contributed by atoms with E-state index < -0.39 is 0 Å². The van der Waals surface area contributed by atoms with Crippen molar-refractivity contribution in [3.05, 3.63) is 23.5 Å². The Morgan fingerprint density at radius 2 is 1.92 bits per heavy atom. The first-order valence-corrected chi connectivity index (χ1v) is 10.6. The fourth-order valence-electron chi connectivity index (χ4n) is 4.53. The number of likely N-dealkylation sites (tertiary alicyclic amines) is 1. The summed E-state index contributed by atoms with van der Waals surface area (Å²) in [6.07, 6.45) is 14.7. The second-order valence-electron chi connectivity index (χ2n) is 7.61. The van der Waals surface area contributed by atoms with Crippen LogP contribution in [0, 0.1) is 0 Å². The van der Waals surface area contributed by atoms with Gasteiger partial charge in [0.15, 0.2) is 4.96 Å². The van der Waals surface area contributed by atoms with Crippen molar-refractivity contribution >= 4 is 22.2 Å². The molecule has 5 nitrogen and oxygen atoms in total. The van der Waals surface area contributed by atoms with Crippen LogP contribution in [0.3, 0.4) is 0 Å². The van der Waals surface area contributed by atoms with Crippen LogP contribution in [0.25, 0.3) is 4.96 Å². The molecule has 4 rings (SSSR count). The van der Waals surface area contributed by atoms with E-state index in [1.165, 1.54) is 64.5 Å². The van der Waals surface area contributed by atoms with E-state index in [0.29, 0.717) is 6.42 Å². The Morgan fingerprint density at radius 3 is 2.68 bits per heavy atom. The number of nitrogens with one attached hydrogen (secondary N) is 1. The Morgan fingerprint density at radius 1 is 1.16 bits per heavy atom. The first-order chi connectivity index (χ1) is 12.3. The number of imidazole rings is 1. The van der Waals surface area contributed by atoms with Crippen LogP contribution in [0.15, 0.2) is 17.8 Å². The third-order valence-electron chi connectivity index (χ3n) is 5.91. The van der Waals surface area contributed by atoms with Crippen LogP contribution in [-0.4, -0.2) is 45.4 Å². The van der Waals surface area contributed by atoms with E-state index in [2.05, 4.69) is 15.2 Å². The number of hydrogen-bond donors (Lipinski definition) is 1. The van der Waals surface area contributed by atoms with Gasteiger partial charge in [-0.3, -0.25) is 14.1 Å². The zero-order chi connectivity index (χ0) is 17.1. The predicted molar refractivity (Wildman–Crippen MR) is 101 cm³/mol. The summed E-state index contributed by atoms with van der Waals surface area (Å²) in [5, 5.41) is 5.26. The van der Waals surface area contributed by atoms with Gasteiger partial charge in [-0.1, -0.05) is 25.7 Å². The third kappa shape index (κ3) is 3.75. The molecule has 1 saturated heterocycles. The third-order valence-corrected chi connectivity index (χ3v) is 6.68. The highest BCUT2D eigenvalue weighted by Gasteiger charge is 2.38. The van der Waals surface area contributed by atoms with Gasteiger partial charge in [0.1, 0.15) is 0 Å². The molecule has 1 amide bonds. The van der Waals surface area contributed by atoms with Gasteiger partial charge in [0.2, 0.25) is 5.91 Å². The van der Waals surface area contributed by atoms with Crippen LogP contribution in [0.2, 0.25) is 0 Å². The first-order valence-electron chi connectivity index (χ1n) is 9.68. The summed E-state index contributed by atoms with van der Waals surface area (Å²) >= 11 is 1.60. The van der Waals surface area contributed by atoms with E-state index >= 15 is 0 Å². The number of piperidine rings is 1. The van der Waals surface area contributed by atoms with Crippen molar-refractivity contribution in [2.45, 2.75) is 63.3 Å². The topological polar surface area (TPSA) is 49.6 Å². The summed E-state index contributed by atoms with van der Waals surface area (Å²) in [6, 6.07) is 0. The van der Waals surface area contributed by atoms with Crippen LogP contribution in [0.5, 0.6) is 0 Å². The minimum Gasteiger partial charge on any atom is -0.354 e. The molecule has 1 aliphatic carbocycles. The number of fused-ring (bicyclic) bond motifs is 1. The Hall–Kier alpha value is -1.40. The number of hydrogen-bond acceptors (Lipinski definition) is 4. The van der Waals surface area contributed by atoms with Gasteiger partial charge in [0.25, 0.3) is 0 Å². The molecule has 1 saturated carbocycles. The predicted octanol–water partition coefficient (Wildman–Crippen LogP) is 3.24. The van der Waals surface area contributed by atoms with Crippen LogP contribution in [-0.2, 0) is 11.2 Å². The average molecular weight is 361 g/mol. The molecule has 0 spiro atoms. The number of rotatable bonds is 5. The van der Waals surface area contributed by atoms with Crippen LogP contribution in [0.1, 0.15) is 57.1 Å². The van der Waals surface area contributed by atoms with Crippen molar-refractivity contribution in [2.24, 2.45) is 0 Å². The summed E-state index contributed by atoms with van der Waals surface area (Å²) in [4.78, 5) is 20.7. The standard InChI is InChI=1S/C19H28N4OS/c24-17(13-16-14-22-11-12-25-18(22)21-16)20-15-19(7-3-1-4-8-19)23-9-5-2-6-10-23/h11-12,14H,1-10,13,15H2,(H,20,24). The van der Waals surface area contributed by atoms with Gasteiger partial charge in [0.05, 0.1) is 12.1 Å². The van der Waals surface area contributed by atoms with Gasteiger partial charge in [-0.2, -0.15) is 0 Å². The molecule has 2 aromatic rings. The highest BCUT2D eigenvalue weighted by Crippen LogP contribution is 2.35. The molecular formula is C19H28N4OS. The van der Waals surface area contributed by atoms with Gasteiger partial charge in [0, 0.05) is 29.9 Å². The van der Waals surface area contributed by atoms with Crippen molar-refractivity contribution in [2.75, 3.05) is 19.6 Å². The van der Waals surface area contributed by atoms with E-state index in [1.54, 1.807) is 11.3 Å².